The second-order valence-electron chi connectivity index (χ2n) is 7.71. The highest BCUT2D eigenvalue weighted by Crippen LogP contribution is 2.31. The lowest BCUT2D eigenvalue weighted by Crippen LogP contribution is -2.52. The molecule has 2 saturated heterocycles. The predicted octanol–water partition coefficient (Wildman–Crippen LogP) is 1.55. The molecule has 1 amide bonds. The summed E-state index contributed by atoms with van der Waals surface area (Å²) in [5.74, 6) is -1.66. The fourth-order valence-corrected chi connectivity index (χ4v) is 4.74. The smallest absolute Gasteiger partial charge is 0.414 e. The molecule has 13 heteroatoms. The summed E-state index contributed by atoms with van der Waals surface area (Å²) in [5.41, 5.74) is -0.183. The maximum atomic E-state index is 14.9. The van der Waals surface area contributed by atoms with Gasteiger partial charge in [0.25, 0.3) is 10.2 Å². The van der Waals surface area contributed by atoms with E-state index in [1.54, 1.807) is 0 Å². The van der Waals surface area contributed by atoms with Gasteiger partial charge in [-0.2, -0.15) is 17.0 Å². The van der Waals surface area contributed by atoms with E-state index in [1.807, 2.05) is 6.92 Å². The number of nitrogens with one attached hydrogen (secondary N) is 1. The first-order chi connectivity index (χ1) is 15.0. The van der Waals surface area contributed by atoms with Crippen molar-refractivity contribution in [2.24, 2.45) is 0 Å². The molecule has 0 aromatic heterocycles. The molecule has 0 radical (unpaired) electrons. The van der Waals surface area contributed by atoms with Crippen LogP contribution in [0, 0.1) is 11.6 Å². The molecule has 2 aliphatic rings. The van der Waals surface area contributed by atoms with Crippen LogP contribution in [-0.2, 0) is 14.9 Å². The zero-order chi connectivity index (χ0) is 23.6. The van der Waals surface area contributed by atoms with Gasteiger partial charge in [0.1, 0.15) is 11.8 Å². The fourth-order valence-electron chi connectivity index (χ4n) is 3.57. The molecular formula is C19H27F2N5O4S2. The largest absolute Gasteiger partial charge is 0.442 e. The second-order valence-corrected chi connectivity index (χ2v) is 10.3. The SMILES string of the molecule is CCC(=S)NC[C@H]1CN(c2cc(F)c(N3CCN(S(=O)(=O)N(C)C)CC3)c(F)c2)C(=O)O1. The Labute approximate surface area is 192 Å². The van der Waals surface area contributed by atoms with E-state index in [0.29, 0.717) is 18.0 Å². The number of thiocarbonyl (C=S) groups is 1. The van der Waals surface area contributed by atoms with Gasteiger partial charge in [0.15, 0.2) is 11.6 Å². The van der Waals surface area contributed by atoms with Crippen LogP contribution in [0.25, 0.3) is 0 Å². The molecule has 32 heavy (non-hydrogen) atoms. The zero-order valence-electron chi connectivity index (χ0n) is 18.2. The van der Waals surface area contributed by atoms with E-state index < -0.39 is 34.0 Å². The van der Waals surface area contributed by atoms with Crippen LogP contribution >= 0.6 is 12.2 Å². The molecule has 2 aliphatic heterocycles. The lowest BCUT2D eigenvalue weighted by Gasteiger charge is -2.36. The van der Waals surface area contributed by atoms with Crippen molar-refractivity contribution in [1.82, 2.24) is 13.9 Å². The first-order valence-corrected chi connectivity index (χ1v) is 12.0. The number of carbonyl (C=O) groups excluding carboxylic acids is 1. The molecule has 0 unspecified atom stereocenters. The molecule has 0 aliphatic carbocycles. The van der Waals surface area contributed by atoms with Gasteiger partial charge in [-0.05, 0) is 6.42 Å². The second kappa shape index (κ2) is 9.81. The minimum atomic E-state index is -3.59. The van der Waals surface area contributed by atoms with Crippen LogP contribution in [0.2, 0.25) is 0 Å². The van der Waals surface area contributed by atoms with Crippen LogP contribution in [-0.4, -0.2) is 87.6 Å². The van der Waals surface area contributed by atoms with Crippen molar-refractivity contribution in [2.75, 3.05) is 63.2 Å². The highest BCUT2D eigenvalue weighted by Gasteiger charge is 2.35. The number of amides is 1. The topological polar surface area (TPSA) is 85.4 Å². The van der Waals surface area contributed by atoms with E-state index in [4.69, 9.17) is 17.0 Å². The third kappa shape index (κ3) is 5.11. The van der Waals surface area contributed by atoms with E-state index in [2.05, 4.69) is 5.32 Å². The molecule has 0 saturated carbocycles. The van der Waals surface area contributed by atoms with Gasteiger partial charge in [0, 0.05) is 52.4 Å². The van der Waals surface area contributed by atoms with Gasteiger partial charge in [-0.15, -0.1) is 0 Å². The average Bonchev–Trinajstić information content (AvgIpc) is 3.12. The molecule has 2 heterocycles. The highest BCUT2D eigenvalue weighted by atomic mass is 32.2. The van der Waals surface area contributed by atoms with Crippen molar-refractivity contribution in [2.45, 2.75) is 19.4 Å². The number of cyclic esters (lactones) is 1. The molecule has 1 aromatic rings. The standard InChI is InChI=1S/C19H27F2N5O4S2/c1-4-17(31)22-11-14-12-26(19(27)30-14)13-9-15(20)18(16(21)10-13)24-5-7-25(8-6-24)32(28,29)23(2)3/h9-10,14H,4-8,11-12H2,1-3H3,(H,22,31)/t14-/m0/s1. The van der Waals surface area contributed by atoms with E-state index in [1.165, 1.54) is 28.2 Å². The summed E-state index contributed by atoms with van der Waals surface area (Å²) in [6.45, 7) is 2.84. The first-order valence-electron chi connectivity index (χ1n) is 10.2. The molecule has 1 atom stereocenters. The van der Waals surface area contributed by atoms with Crippen LogP contribution in [0.4, 0.5) is 25.0 Å². The number of hydrogen-bond acceptors (Lipinski definition) is 6. The number of anilines is 2. The molecule has 2 fully saturated rings. The van der Waals surface area contributed by atoms with Gasteiger partial charge in [-0.3, -0.25) is 4.90 Å². The number of carbonyl (C=O) groups is 1. The van der Waals surface area contributed by atoms with E-state index in [9.17, 15) is 22.0 Å². The molecule has 1 aromatic carbocycles. The minimum absolute atomic E-state index is 0.0585. The molecule has 9 nitrogen and oxygen atoms in total. The summed E-state index contributed by atoms with van der Waals surface area (Å²) in [5, 5.41) is 2.99. The van der Waals surface area contributed by atoms with Gasteiger partial charge >= 0.3 is 6.09 Å². The Morgan fingerprint density at radius 2 is 1.81 bits per heavy atom. The number of halogens is 2. The van der Waals surface area contributed by atoms with Gasteiger partial charge in [0.2, 0.25) is 0 Å². The van der Waals surface area contributed by atoms with Crippen LogP contribution in [0.5, 0.6) is 0 Å². The van der Waals surface area contributed by atoms with Crippen LogP contribution in [0.3, 0.4) is 0 Å². The monoisotopic (exact) mass is 491 g/mol. The van der Waals surface area contributed by atoms with Crippen LogP contribution in [0.15, 0.2) is 12.1 Å². The summed E-state index contributed by atoms with van der Waals surface area (Å²) >= 11 is 5.09. The Hall–Kier alpha value is -2.09. The van der Waals surface area contributed by atoms with Crippen LogP contribution < -0.4 is 15.1 Å². The number of hydrogen-bond donors (Lipinski definition) is 1. The first kappa shape index (κ1) is 24.6. The zero-order valence-corrected chi connectivity index (χ0v) is 19.8. The number of benzene rings is 1. The molecular weight excluding hydrogens is 464 g/mol. The molecule has 1 N–H and O–H groups in total. The maximum absolute atomic E-state index is 14.9. The van der Waals surface area contributed by atoms with E-state index in [-0.39, 0.29) is 44.1 Å². The number of rotatable bonds is 7. The quantitative estimate of drug-likeness (QED) is 0.580. The Balaban J connectivity index is 1.70. The average molecular weight is 492 g/mol. The Kier molecular flexibility index (Phi) is 7.53. The molecule has 0 spiro atoms. The van der Waals surface area contributed by atoms with Crippen molar-refractivity contribution in [1.29, 1.82) is 0 Å². The van der Waals surface area contributed by atoms with Crippen molar-refractivity contribution in [3.63, 3.8) is 0 Å². The Morgan fingerprint density at radius 3 is 2.34 bits per heavy atom. The van der Waals surface area contributed by atoms with E-state index >= 15 is 0 Å². The molecule has 3 rings (SSSR count). The summed E-state index contributed by atoms with van der Waals surface area (Å²) in [7, 11) is -0.721. The van der Waals surface area contributed by atoms with E-state index in [0.717, 1.165) is 16.4 Å². The van der Waals surface area contributed by atoms with Crippen molar-refractivity contribution in [3.8, 4) is 0 Å². The number of piperazine rings is 1. The lowest BCUT2D eigenvalue weighted by atomic mass is 10.2. The molecule has 178 valence electrons. The lowest BCUT2D eigenvalue weighted by molar-refractivity contribution is 0.143. The van der Waals surface area contributed by atoms with Crippen LogP contribution in [0.1, 0.15) is 13.3 Å². The van der Waals surface area contributed by atoms with Crippen molar-refractivity contribution in [3.05, 3.63) is 23.8 Å². The normalized spacial score (nSPS) is 20.1. The third-order valence-corrected chi connectivity index (χ3v) is 7.75. The highest BCUT2D eigenvalue weighted by molar-refractivity contribution is 7.86. The van der Waals surface area contributed by atoms with Gasteiger partial charge in [-0.1, -0.05) is 19.1 Å². The van der Waals surface area contributed by atoms with Crippen molar-refractivity contribution < 1.29 is 26.7 Å². The van der Waals surface area contributed by atoms with Gasteiger partial charge < -0.3 is 15.0 Å². The summed E-state index contributed by atoms with van der Waals surface area (Å²) in [6, 6.07) is 2.18. The summed E-state index contributed by atoms with van der Waals surface area (Å²) < 4.78 is 61.9. The van der Waals surface area contributed by atoms with Gasteiger partial charge in [-0.25, -0.2) is 13.6 Å². The Morgan fingerprint density at radius 1 is 1.22 bits per heavy atom. The fraction of sp³-hybridized carbons (Fsp3) is 0.579. The predicted molar refractivity (Wildman–Crippen MR) is 121 cm³/mol. The molecule has 0 bridgehead atoms. The van der Waals surface area contributed by atoms with Gasteiger partial charge in [0.05, 0.1) is 23.8 Å². The number of ether oxygens (including phenoxy) is 1. The van der Waals surface area contributed by atoms with Crippen molar-refractivity contribution >= 4 is 44.9 Å². The third-order valence-electron chi connectivity index (χ3n) is 5.38. The maximum Gasteiger partial charge on any atom is 0.414 e. The minimum Gasteiger partial charge on any atom is -0.442 e. The summed E-state index contributed by atoms with van der Waals surface area (Å²) in [4.78, 5) is 15.5. The Bertz CT molecular complexity index is 961. The number of nitrogens with zero attached hydrogens (tertiary/aromatic N) is 4. The summed E-state index contributed by atoms with van der Waals surface area (Å²) in [6.07, 6.45) is -0.523.